The van der Waals surface area contributed by atoms with Crippen molar-refractivity contribution >= 4 is 38.9 Å². The molecule has 0 radical (unpaired) electrons. The summed E-state index contributed by atoms with van der Waals surface area (Å²) in [6, 6.07) is 2.18. The summed E-state index contributed by atoms with van der Waals surface area (Å²) in [4.78, 5) is 19.9. The molecule has 1 unspecified atom stereocenters. The molecule has 0 bridgehead atoms. The van der Waals surface area contributed by atoms with Gasteiger partial charge in [-0.15, -0.1) is 0 Å². The van der Waals surface area contributed by atoms with E-state index in [1.54, 1.807) is 0 Å². The molecule has 0 aliphatic heterocycles. The van der Waals surface area contributed by atoms with Gasteiger partial charge in [0.1, 0.15) is 5.82 Å². The van der Waals surface area contributed by atoms with E-state index in [1.165, 1.54) is 18.5 Å². The van der Waals surface area contributed by atoms with Gasteiger partial charge in [-0.25, -0.2) is 17.8 Å². The van der Waals surface area contributed by atoms with Crippen LogP contribution in [0, 0.1) is 5.82 Å². The number of pyridine rings is 2. The molecule has 12 heteroatoms. The van der Waals surface area contributed by atoms with Gasteiger partial charge in [0.2, 0.25) is 10.0 Å². The number of nitrogens with one attached hydrogen (secondary N) is 3. The zero-order valence-corrected chi connectivity index (χ0v) is 17.2. The molecular formula is C18H24FN7O3S. The molecule has 10 nitrogen and oxygen atoms in total. The first-order valence-electron chi connectivity index (χ1n) is 9.34. The van der Waals surface area contributed by atoms with Crippen LogP contribution < -0.4 is 26.8 Å². The highest BCUT2D eigenvalue weighted by atomic mass is 32.2. The fourth-order valence-electron chi connectivity index (χ4n) is 3.30. The molecule has 1 amide bonds. The van der Waals surface area contributed by atoms with Crippen LogP contribution in [0.5, 0.6) is 0 Å². The number of sulfonamides is 1. The van der Waals surface area contributed by atoms with Crippen molar-refractivity contribution in [3.8, 4) is 0 Å². The lowest BCUT2D eigenvalue weighted by Crippen LogP contribution is -2.43. The second-order valence-corrected chi connectivity index (χ2v) is 8.99. The van der Waals surface area contributed by atoms with E-state index in [9.17, 15) is 17.6 Å². The SMILES string of the molecule is CS(=O)(=O)Nc1cncc(Nc2nc(NC3CCCC[C@@H]3N)c(F)cc2C(N)=O)c1. The van der Waals surface area contributed by atoms with Gasteiger partial charge in [0.15, 0.2) is 11.6 Å². The van der Waals surface area contributed by atoms with E-state index in [-0.39, 0.29) is 35.0 Å². The summed E-state index contributed by atoms with van der Waals surface area (Å²) in [5.74, 6) is -1.64. The molecule has 2 atom stereocenters. The van der Waals surface area contributed by atoms with E-state index >= 15 is 0 Å². The smallest absolute Gasteiger partial charge is 0.252 e. The number of rotatable bonds is 7. The van der Waals surface area contributed by atoms with Gasteiger partial charge in [-0.2, -0.15) is 0 Å². The Labute approximate surface area is 173 Å². The van der Waals surface area contributed by atoms with Gasteiger partial charge >= 0.3 is 0 Å². The van der Waals surface area contributed by atoms with E-state index in [2.05, 4.69) is 25.3 Å². The summed E-state index contributed by atoms with van der Waals surface area (Å²) in [5, 5.41) is 5.87. The minimum absolute atomic E-state index is 0.00841. The summed E-state index contributed by atoms with van der Waals surface area (Å²) >= 11 is 0. The highest BCUT2D eigenvalue weighted by Crippen LogP contribution is 2.27. The largest absolute Gasteiger partial charge is 0.365 e. The van der Waals surface area contributed by atoms with E-state index in [0.29, 0.717) is 5.69 Å². The molecule has 0 aromatic carbocycles. The molecule has 1 saturated carbocycles. The van der Waals surface area contributed by atoms with Crippen molar-refractivity contribution in [1.82, 2.24) is 9.97 Å². The van der Waals surface area contributed by atoms with Gasteiger partial charge in [0, 0.05) is 12.1 Å². The lowest BCUT2D eigenvalue weighted by Gasteiger charge is -2.30. The number of carbonyl (C=O) groups is 1. The van der Waals surface area contributed by atoms with Crippen molar-refractivity contribution in [2.24, 2.45) is 11.5 Å². The van der Waals surface area contributed by atoms with Crippen LogP contribution in [0.4, 0.5) is 27.4 Å². The van der Waals surface area contributed by atoms with Gasteiger partial charge < -0.3 is 22.1 Å². The molecular weight excluding hydrogens is 413 g/mol. The summed E-state index contributed by atoms with van der Waals surface area (Å²) in [6.07, 6.45) is 7.33. The Morgan fingerprint density at radius 2 is 1.87 bits per heavy atom. The first-order valence-corrected chi connectivity index (χ1v) is 11.2. The molecule has 1 aliphatic rings. The number of anilines is 4. The summed E-state index contributed by atoms with van der Waals surface area (Å²) < 4.78 is 39.7. The van der Waals surface area contributed by atoms with Gasteiger partial charge in [-0.05, 0) is 25.0 Å². The van der Waals surface area contributed by atoms with E-state index < -0.39 is 21.7 Å². The zero-order valence-electron chi connectivity index (χ0n) is 16.4. The minimum Gasteiger partial charge on any atom is -0.365 e. The third kappa shape index (κ3) is 5.54. The first-order chi connectivity index (χ1) is 14.1. The number of aromatic nitrogens is 2. The quantitative estimate of drug-likeness (QED) is 0.435. The molecule has 7 N–H and O–H groups in total. The number of amides is 1. The van der Waals surface area contributed by atoms with Gasteiger partial charge in [-0.1, -0.05) is 12.8 Å². The Morgan fingerprint density at radius 1 is 1.17 bits per heavy atom. The average molecular weight is 438 g/mol. The molecule has 2 aromatic heterocycles. The maximum Gasteiger partial charge on any atom is 0.252 e. The molecule has 1 aliphatic carbocycles. The second-order valence-electron chi connectivity index (χ2n) is 7.24. The summed E-state index contributed by atoms with van der Waals surface area (Å²) in [7, 11) is -3.50. The molecule has 1 fully saturated rings. The van der Waals surface area contributed by atoms with Gasteiger partial charge in [0.05, 0.1) is 35.6 Å². The van der Waals surface area contributed by atoms with Crippen LogP contribution in [-0.4, -0.2) is 42.6 Å². The molecule has 0 spiro atoms. The number of halogens is 1. The Balaban J connectivity index is 1.91. The normalized spacial score (nSPS) is 19.2. The van der Waals surface area contributed by atoms with Crippen LogP contribution in [0.1, 0.15) is 36.0 Å². The molecule has 0 saturated heterocycles. The predicted molar refractivity (Wildman–Crippen MR) is 113 cm³/mol. The molecule has 2 heterocycles. The molecule has 162 valence electrons. The van der Waals surface area contributed by atoms with Gasteiger partial charge in [0.25, 0.3) is 5.91 Å². The van der Waals surface area contributed by atoms with E-state index in [1.807, 2.05) is 0 Å². The van der Waals surface area contributed by atoms with Crippen LogP contribution in [-0.2, 0) is 10.0 Å². The van der Waals surface area contributed by atoms with Crippen molar-refractivity contribution in [3.05, 3.63) is 35.9 Å². The number of nitrogens with two attached hydrogens (primary N) is 2. The van der Waals surface area contributed by atoms with Crippen LogP contribution >= 0.6 is 0 Å². The fraction of sp³-hybridized carbons (Fsp3) is 0.389. The standard InChI is InChI=1S/C18H24FN7O3S/c1-30(28,29)26-11-6-10(8-22-9-11)23-17-12(16(21)27)7-13(19)18(25-17)24-15-5-3-2-4-14(15)20/h6-9,14-15,26H,2-5,20H2,1H3,(H2,21,27)(H2,23,24,25)/t14-,15?/m0/s1. The van der Waals surface area contributed by atoms with Crippen LogP contribution in [0.3, 0.4) is 0 Å². The minimum atomic E-state index is -3.50. The number of carbonyl (C=O) groups excluding carboxylic acids is 1. The lowest BCUT2D eigenvalue weighted by atomic mass is 9.91. The average Bonchev–Trinajstić information content (AvgIpc) is 2.64. The Bertz CT molecular complexity index is 1050. The van der Waals surface area contributed by atoms with Crippen LogP contribution in [0.25, 0.3) is 0 Å². The molecule has 2 aromatic rings. The Morgan fingerprint density at radius 3 is 2.53 bits per heavy atom. The lowest BCUT2D eigenvalue weighted by molar-refractivity contribution is 0.100. The Hall–Kier alpha value is -2.99. The summed E-state index contributed by atoms with van der Waals surface area (Å²) in [6.45, 7) is 0. The highest BCUT2D eigenvalue weighted by molar-refractivity contribution is 7.92. The number of nitrogens with zero attached hydrogens (tertiary/aromatic N) is 2. The maximum absolute atomic E-state index is 14.6. The maximum atomic E-state index is 14.6. The van der Waals surface area contributed by atoms with Crippen molar-refractivity contribution < 1.29 is 17.6 Å². The first kappa shape index (κ1) is 21.7. The predicted octanol–water partition coefficient (Wildman–Crippen LogP) is 1.51. The molecule has 3 rings (SSSR count). The molecule has 30 heavy (non-hydrogen) atoms. The number of primary amides is 1. The fourth-order valence-corrected chi connectivity index (χ4v) is 3.84. The van der Waals surface area contributed by atoms with Crippen molar-refractivity contribution in [2.45, 2.75) is 37.8 Å². The van der Waals surface area contributed by atoms with Crippen LogP contribution in [0.2, 0.25) is 0 Å². The van der Waals surface area contributed by atoms with Gasteiger partial charge in [-0.3, -0.25) is 14.5 Å². The summed E-state index contributed by atoms with van der Waals surface area (Å²) in [5.41, 5.74) is 11.9. The third-order valence-corrected chi connectivity index (χ3v) is 5.29. The van der Waals surface area contributed by atoms with Crippen LogP contribution in [0.15, 0.2) is 24.5 Å². The number of hydrogen-bond acceptors (Lipinski definition) is 8. The van der Waals surface area contributed by atoms with Crippen molar-refractivity contribution in [1.29, 1.82) is 0 Å². The monoisotopic (exact) mass is 437 g/mol. The highest BCUT2D eigenvalue weighted by Gasteiger charge is 2.24. The van der Waals surface area contributed by atoms with E-state index in [0.717, 1.165) is 38.0 Å². The number of hydrogen-bond donors (Lipinski definition) is 5. The van der Waals surface area contributed by atoms with Crippen molar-refractivity contribution in [3.63, 3.8) is 0 Å². The van der Waals surface area contributed by atoms with E-state index in [4.69, 9.17) is 11.5 Å². The Kier molecular flexibility index (Phi) is 6.37. The second kappa shape index (κ2) is 8.79. The third-order valence-electron chi connectivity index (χ3n) is 4.69. The topological polar surface area (TPSA) is 165 Å². The zero-order chi connectivity index (χ0) is 21.9. The van der Waals surface area contributed by atoms with Crippen molar-refractivity contribution in [2.75, 3.05) is 21.6 Å².